The number of anilines is 1. The summed E-state index contributed by atoms with van der Waals surface area (Å²) in [7, 11) is 0. The Morgan fingerprint density at radius 2 is 1.90 bits per heavy atom. The quantitative estimate of drug-likeness (QED) is 0.766. The van der Waals surface area contributed by atoms with E-state index in [4.69, 9.17) is 12.2 Å². The van der Waals surface area contributed by atoms with Gasteiger partial charge >= 0.3 is 0 Å². The van der Waals surface area contributed by atoms with Crippen LogP contribution in [-0.2, 0) is 16.1 Å². The van der Waals surface area contributed by atoms with Crippen molar-refractivity contribution >= 4 is 23.2 Å². The van der Waals surface area contributed by atoms with Gasteiger partial charge < -0.3 is 10.6 Å². The normalized spacial score (nSPS) is 15.6. The fraction of sp³-hybridized carbons (Fsp3) is 0.227. The summed E-state index contributed by atoms with van der Waals surface area (Å²) in [5.74, 6) is 1.09. The van der Waals surface area contributed by atoms with E-state index in [-0.39, 0.29) is 24.6 Å². The maximum absolute atomic E-state index is 13.2. The smallest absolute Gasteiger partial charge is 0.271 e. The minimum atomic E-state index is -0.827. The van der Waals surface area contributed by atoms with Crippen LogP contribution in [0.3, 0.4) is 0 Å². The van der Waals surface area contributed by atoms with Crippen LogP contribution in [0.25, 0.3) is 0 Å². The molecule has 1 aliphatic heterocycles. The molecule has 2 amide bonds. The van der Waals surface area contributed by atoms with Crippen LogP contribution < -0.4 is 10.7 Å². The maximum Gasteiger partial charge on any atom is 0.271 e. The van der Waals surface area contributed by atoms with Gasteiger partial charge in [-0.15, -0.1) is 6.42 Å². The molecule has 1 aliphatic rings. The summed E-state index contributed by atoms with van der Waals surface area (Å²) in [6, 6.07) is 12.4. The van der Waals surface area contributed by atoms with Crippen molar-refractivity contribution in [3.05, 3.63) is 65.5 Å². The van der Waals surface area contributed by atoms with Crippen molar-refractivity contribution in [3.8, 4) is 12.3 Å². The second kappa shape index (κ2) is 8.57. The summed E-state index contributed by atoms with van der Waals surface area (Å²) >= 11 is 0. The molecular formula is C22H21FN4O2. The highest BCUT2D eigenvalue weighted by molar-refractivity contribution is 6.40. The highest BCUT2D eigenvalue weighted by Gasteiger charge is 2.36. The highest BCUT2D eigenvalue weighted by Crippen LogP contribution is 2.25. The Bertz CT molecular complexity index is 977. The highest BCUT2D eigenvalue weighted by atomic mass is 19.1. The molecule has 0 bridgehead atoms. The van der Waals surface area contributed by atoms with E-state index in [1.54, 1.807) is 0 Å². The Labute approximate surface area is 168 Å². The lowest BCUT2D eigenvalue weighted by molar-refractivity contribution is -0.124. The summed E-state index contributed by atoms with van der Waals surface area (Å²) in [4.78, 5) is 26.5. The van der Waals surface area contributed by atoms with E-state index in [1.807, 2.05) is 31.2 Å². The average molecular weight is 392 g/mol. The molecule has 2 N–H and O–H groups in total. The number of hydrogen-bond donors (Lipinski definition) is 1. The van der Waals surface area contributed by atoms with Gasteiger partial charge in [-0.3, -0.25) is 14.6 Å². The van der Waals surface area contributed by atoms with Gasteiger partial charge in [0, 0.05) is 13.0 Å². The Morgan fingerprint density at radius 3 is 2.48 bits per heavy atom. The summed E-state index contributed by atoms with van der Waals surface area (Å²) in [6.45, 7) is 2.40. The number of primary amides is 1. The first kappa shape index (κ1) is 20.1. The van der Waals surface area contributed by atoms with Gasteiger partial charge in [-0.2, -0.15) is 5.10 Å². The first-order valence-electron chi connectivity index (χ1n) is 9.09. The molecule has 0 aromatic heterocycles. The van der Waals surface area contributed by atoms with Crippen LogP contribution in [0.1, 0.15) is 17.5 Å². The Morgan fingerprint density at radius 1 is 1.24 bits per heavy atom. The first-order valence-corrected chi connectivity index (χ1v) is 9.09. The zero-order valence-electron chi connectivity index (χ0n) is 16.0. The number of nitrogens with two attached hydrogens (primary N) is 1. The van der Waals surface area contributed by atoms with Crippen molar-refractivity contribution in [3.63, 3.8) is 0 Å². The number of nitrogens with zero attached hydrogens (tertiary/aromatic N) is 3. The zero-order chi connectivity index (χ0) is 21.0. The molecule has 0 spiro atoms. The largest absolute Gasteiger partial charge is 0.368 e. The molecule has 6 nitrogen and oxygen atoms in total. The number of rotatable bonds is 6. The van der Waals surface area contributed by atoms with Gasteiger partial charge in [-0.1, -0.05) is 35.7 Å². The Balaban J connectivity index is 1.85. The predicted molar refractivity (Wildman–Crippen MR) is 109 cm³/mol. The lowest BCUT2D eigenvalue weighted by Gasteiger charge is -2.20. The van der Waals surface area contributed by atoms with E-state index in [1.165, 1.54) is 34.2 Å². The van der Waals surface area contributed by atoms with E-state index in [0.29, 0.717) is 12.2 Å². The summed E-state index contributed by atoms with van der Waals surface area (Å²) in [6.07, 6.45) is 5.50. The molecular weight excluding hydrogens is 371 g/mol. The van der Waals surface area contributed by atoms with Gasteiger partial charge in [0.2, 0.25) is 5.91 Å². The molecule has 0 saturated heterocycles. The summed E-state index contributed by atoms with van der Waals surface area (Å²) in [5, 5.41) is 5.67. The van der Waals surface area contributed by atoms with Crippen molar-refractivity contribution in [1.82, 2.24) is 4.90 Å². The number of hydrogen-bond acceptors (Lipinski definition) is 4. The monoisotopic (exact) mass is 392 g/mol. The van der Waals surface area contributed by atoms with Crippen LogP contribution in [0.5, 0.6) is 0 Å². The van der Waals surface area contributed by atoms with E-state index in [9.17, 15) is 14.0 Å². The van der Waals surface area contributed by atoms with Crippen molar-refractivity contribution in [2.45, 2.75) is 25.9 Å². The number of carbonyl (C=O) groups excluding carboxylic acids is 2. The van der Waals surface area contributed by atoms with Gasteiger partial charge in [0.05, 0.1) is 12.2 Å². The van der Waals surface area contributed by atoms with Gasteiger partial charge in [0.25, 0.3) is 5.91 Å². The molecule has 0 radical (unpaired) electrons. The number of benzene rings is 2. The second-order valence-corrected chi connectivity index (χ2v) is 6.84. The first-order chi connectivity index (χ1) is 13.9. The van der Waals surface area contributed by atoms with Crippen LogP contribution in [-0.4, -0.2) is 35.0 Å². The van der Waals surface area contributed by atoms with E-state index >= 15 is 0 Å². The summed E-state index contributed by atoms with van der Waals surface area (Å²) < 4.78 is 13.2. The molecule has 0 saturated carbocycles. The van der Waals surface area contributed by atoms with Crippen LogP contribution in [0.2, 0.25) is 0 Å². The lowest BCUT2D eigenvalue weighted by atomic mass is 10.1. The number of halogens is 1. The summed E-state index contributed by atoms with van der Waals surface area (Å²) in [5.41, 5.74) is 8.20. The zero-order valence-corrected chi connectivity index (χ0v) is 16.0. The van der Waals surface area contributed by atoms with Crippen LogP contribution in [0, 0.1) is 25.1 Å². The lowest BCUT2D eigenvalue weighted by Crippen LogP contribution is -2.40. The molecule has 7 heteroatoms. The minimum absolute atomic E-state index is 0.0561. The number of hydrazone groups is 1. The fourth-order valence-corrected chi connectivity index (χ4v) is 3.10. The number of terminal acetylenes is 1. The molecule has 1 unspecified atom stereocenters. The third-order valence-corrected chi connectivity index (χ3v) is 4.64. The number of carbonyl (C=O) groups is 2. The molecule has 1 heterocycles. The van der Waals surface area contributed by atoms with Crippen molar-refractivity contribution in [1.29, 1.82) is 0 Å². The third-order valence-electron chi connectivity index (χ3n) is 4.64. The third kappa shape index (κ3) is 4.61. The second-order valence-electron chi connectivity index (χ2n) is 6.84. The molecule has 2 aromatic rings. The van der Waals surface area contributed by atoms with Crippen LogP contribution in [0.15, 0.2) is 53.6 Å². The molecule has 0 aliphatic carbocycles. The average Bonchev–Trinajstić information content (AvgIpc) is 3.15. The van der Waals surface area contributed by atoms with Crippen molar-refractivity contribution < 1.29 is 14.0 Å². The minimum Gasteiger partial charge on any atom is -0.368 e. The molecule has 2 aromatic carbocycles. The van der Waals surface area contributed by atoms with Gasteiger partial charge in [-0.05, 0) is 36.8 Å². The van der Waals surface area contributed by atoms with Crippen LogP contribution in [0.4, 0.5) is 10.1 Å². The van der Waals surface area contributed by atoms with Gasteiger partial charge in [0.15, 0.2) is 0 Å². The number of aryl methyl sites for hydroxylation is 1. The van der Waals surface area contributed by atoms with Gasteiger partial charge in [0.1, 0.15) is 17.6 Å². The van der Waals surface area contributed by atoms with E-state index < -0.39 is 17.8 Å². The van der Waals surface area contributed by atoms with Crippen molar-refractivity contribution in [2.75, 3.05) is 11.6 Å². The molecule has 1 atom stereocenters. The molecule has 148 valence electrons. The molecule has 3 rings (SSSR count). The topological polar surface area (TPSA) is 79.0 Å². The Hall–Kier alpha value is -3.66. The van der Waals surface area contributed by atoms with Crippen molar-refractivity contribution in [2.24, 2.45) is 10.8 Å². The fourth-order valence-electron chi connectivity index (χ4n) is 3.10. The maximum atomic E-state index is 13.2. The van der Waals surface area contributed by atoms with E-state index in [2.05, 4.69) is 11.0 Å². The molecule has 29 heavy (non-hydrogen) atoms. The molecule has 0 fully saturated rings. The SMILES string of the molecule is C#CCN(Cc1ccc(C)cc1)C(=O)C1=NN(c2ccc(F)cc2)C(C(N)=O)C1. The standard InChI is InChI=1S/C22H21FN4O2/c1-3-12-26(14-16-6-4-15(2)5-7-16)22(29)19-13-20(21(24)28)27(25-19)18-10-8-17(23)9-11-18/h1,4-11,20H,12-14H2,2H3,(H2,24,28). The Kier molecular flexibility index (Phi) is 5.93. The van der Waals surface area contributed by atoms with Crippen LogP contribution >= 0.6 is 0 Å². The van der Waals surface area contributed by atoms with Gasteiger partial charge in [-0.25, -0.2) is 4.39 Å². The number of amides is 2. The predicted octanol–water partition coefficient (Wildman–Crippen LogP) is 2.22. The van der Waals surface area contributed by atoms with E-state index in [0.717, 1.165) is 11.1 Å².